The minimum absolute atomic E-state index is 0.203. The van der Waals surface area contributed by atoms with E-state index in [4.69, 9.17) is 4.74 Å². The fraction of sp³-hybridized carbons (Fsp3) is 0.579. The number of amides is 1. The highest BCUT2D eigenvalue weighted by molar-refractivity contribution is 5.68. The van der Waals surface area contributed by atoms with Crippen molar-refractivity contribution in [3.8, 4) is 11.8 Å². The molecule has 1 saturated heterocycles. The molecule has 1 fully saturated rings. The van der Waals surface area contributed by atoms with Crippen LogP contribution in [-0.2, 0) is 4.74 Å². The maximum atomic E-state index is 12.0. The Morgan fingerprint density at radius 3 is 2.65 bits per heavy atom. The molecule has 1 amide bonds. The lowest BCUT2D eigenvalue weighted by Gasteiger charge is -2.32. The number of carbonyl (C=O) groups is 1. The standard InChI is InChI=1S/C19H26N2O2/c1-15-7-5-9-17(20-15)10-6-8-16-11-13-21(14-12-16)18(22)23-19(2,3)4/h5,7,9,16H,8,11-14H2,1-4H3. The van der Waals surface area contributed by atoms with E-state index in [2.05, 4.69) is 16.8 Å². The van der Waals surface area contributed by atoms with Gasteiger partial charge in [0.15, 0.2) is 0 Å². The summed E-state index contributed by atoms with van der Waals surface area (Å²) in [5.41, 5.74) is 1.39. The summed E-state index contributed by atoms with van der Waals surface area (Å²) in [5.74, 6) is 6.91. The summed E-state index contributed by atoms with van der Waals surface area (Å²) in [6.07, 6.45) is 2.62. The van der Waals surface area contributed by atoms with Crippen LogP contribution in [0.4, 0.5) is 4.79 Å². The summed E-state index contributed by atoms with van der Waals surface area (Å²) < 4.78 is 5.41. The van der Waals surface area contributed by atoms with Gasteiger partial charge in [0.05, 0.1) is 0 Å². The second kappa shape index (κ2) is 7.50. The number of likely N-dealkylation sites (tertiary alicyclic amines) is 1. The van der Waals surface area contributed by atoms with Crippen molar-refractivity contribution in [2.24, 2.45) is 5.92 Å². The summed E-state index contributed by atoms with van der Waals surface area (Å²) in [7, 11) is 0. The van der Waals surface area contributed by atoms with Gasteiger partial charge in [-0.1, -0.05) is 12.0 Å². The van der Waals surface area contributed by atoms with Crippen molar-refractivity contribution in [1.29, 1.82) is 0 Å². The minimum Gasteiger partial charge on any atom is -0.444 e. The second-order valence-electron chi connectivity index (χ2n) is 7.08. The monoisotopic (exact) mass is 314 g/mol. The quantitative estimate of drug-likeness (QED) is 0.741. The Kier molecular flexibility index (Phi) is 5.65. The van der Waals surface area contributed by atoms with Crippen LogP contribution in [-0.4, -0.2) is 34.7 Å². The molecule has 0 radical (unpaired) electrons. The van der Waals surface area contributed by atoms with Crippen molar-refractivity contribution in [3.05, 3.63) is 29.6 Å². The Balaban J connectivity index is 1.78. The highest BCUT2D eigenvalue weighted by Crippen LogP contribution is 2.21. The van der Waals surface area contributed by atoms with Crippen LogP contribution in [0.15, 0.2) is 18.2 Å². The molecule has 0 saturated carbocycles. The maximum absolute atomic E-state index is 12.0. The molecule has 0 aliphatic carbocycles. The van der Waals surface area contributed by atoms with Gasteiger partial charge in [0.25, 0.3) is 0 Å². The van der Waals surface area contributed by atoms with E-state index in [0.717, 1.165) is 43.7 Å². The molecule has 1 aliphatic rings. The Hall–Kier alpha value is -2.02. The van der Waals surface area contributed by atoms with E-state index < -0.39 is 5.60 Å². The van der Waals surface area contributed by atoms with Gasteiger partial charge in [-0.2, -0.15) is 0 Å². The second-order valence-corrected chi connectivity index (χ2v) is 7.08. The number of hydrogen-bond acceptors (Lipinski definition) is 3. The molecule has 2 rings (SSSR count). The molecule has 4 heteroatoms. The molecular formula is C19H26N2O2. The molecule has 0 aromatic carbocycles. The first-order valence-electron chi connectivity index (χ1n) is 8.24. The van der Waals surface area contributed by atoms with Gasteiger partial charge in [-0.25, -0.2) is 9.78 Å². The molecular weight excluding hydrogens is 288 g/mol. The molecule has 4 nitrogen and oxygen atoms in total. The van der Waals surface area contributed by atoms with Crippen molar-refractivity contribution in [2.45, 2.75) is 52.6 Å². The molecule has 0 unspecified atom stereocenters. The van der Waals surface area contributed by atoms with E-state index in [1.807, 2.05) is 45.9 Å². The Morgan fingerprint density at radius 1 is 1.35 bits per heavy atom. The number of aryl methyl sites for hydroxylation is 1. The molecule has 1 aliphatic heterocycles. The Labute approximate surface area is 139 Å². The third-order valence-electron chi connectivity index (χ3n) is 3.76. The first kappa shape index (κ1) is 17.3. The summed E-state index contributed by atoms with van der Waals surface area (Å²) in [5, 5.41) is 0. The number of aromatic nitrogens is 1. The van der Waals surface area contributed by atoms with Crippen molar-refractivity contribution in [1.82, 2.24) is 9.88 Å². The molecule has 0 N–H and O–H groups in total. The molecule has 2 heterocycles. The number of piperidine rings is 1. The number of ether oxygens (including phenoxy) is 1. The van der Waals surface area contributed by atoms with Crippen LogP contribution in [0.2, 0.25) is 0 Å². The lowest BCUT2D eigenvalue weighted by atomic mass is 9.94. The highest BCUT2D eigenvalue weighted by atomic mass is 16.6. The van der Waals surface area contributed by atoms with Crippen LogP contribution in [0, 0.1) is 24.7 Å². The van der Waals surface area contributed by atoms with Crippen LogP contribution in [0.25, 0.3) is 0 Å². The van der Waals surface area contributed by atoms with E-state index in [0.29, 0.717) is 5.92 Å². The third kappa shape index (κ3) is 5.94. The predicted octanol–water partition coefficient (Wildman–Crippen LogP) is 3.78. The van der Waals surface area contributed by atoms with Gasteiger partial charge in [-0.05, 0) is 64.5 Å². The SMILES string of the molecule is Cc1cccc(C#CCC2CCN(C(=O)OC(C)(C)C)CC2)n1. The molecule has 1 aromatic rings. The first-order valence-corrected chi connectivity index (χ1v) is 8.24. The zero-order valence-electron chi connectivity index (χ0n) is 14.6. The van der Waals surface area contributed by atoms with Crippen molar-refractivity contribution in [3.63, 3.8) is 0 Å². The third-order valence-corrected chi connectivity index (χ3v) is 3.76. The largest absolute Gasteiger partial charge is 0.444 e. The Morgan fingerprint density at radius 2 is 2.04 bits per heavy atom. The molecule has 124 valence electrons. The molecule has 0 spiro atoms. The van der Waals surface area contributed by atoms with Gasteiger partial charge in [0, 0.05) is 25.2 Å². The smallest absolute Gasteiger partial charge is 0.410 e. The fourth-order valence-electron chi connectivity index (χ4n) is 2.54. The summed E-state index contributed by atoms with van der Waals surface area (Å²) in [6.45, 7) is 9.16. The van der Waals surface area contributed by atoms with Gasteiger partial charge in [-0.3, -0.25) is 0 Å². The van der Waals surface area contributed by atoms with Gasteiger partial charge < -0.3 is 9.64 Å². The first-order chi connectivity index (χ1) is 10.8. The molecule has 1 aromatic heterocycles. The number of nitrogens with zero attached hydrogens (tertiary/aromatic N) is 2. The molecule has 0 bridgehead atoms. The van der Waals surface area contributed by atoms with Crippen molar-refractivity contribution < 1.29 is 9.53 Å². The van der Waals surface area contributed by atoms with E-state index in [-0.39, 0.29) is 6.09 Å². The average molecular weight is 314 g/mol. The van der Waals surface area contributed by atoms with Crippen LogP contribution in [0.1, 0.15) is 51.4 Å². The van der Waals surface area contributed by atoms with E-state index in [1.165, 1.54) is 0 Å². The van der Waals surface area contributed by atoms with Gasteiger partial charge in [0.1, 0.15) is 11.3 Å². The van der Waals surface area contributed by atoms with Crippen molar-refractivity contribution >= 4 is 6.09 Å². The van der Waals surface area contributed by atoms with Crippen LogP contribution in [0.5, 0.6) is 0 Å². The summed E-state index contributed by atoms with van der Waals surface area (Å²) in [4.78, 5) is 18.2. The zero-order chi connectivity index (χ0) is 16.9. The van der Waals surface area contributed by atoms with Crippen LogP contribution < -0.4 is 0 Å². The van der Waals surface area contributed by atoms with E-state index in [1.54, 1.807) is 4.90 Å². The average Bonchev–Trinajstić information content (AvgIpc) is 2.46. The number of carbonyl (C=O) groups excluding carboxylic acids is 1. The van der Waals surface area contributed by atoms with Crippen LogP contribution >= 0.6 is 0 Å². The lowest BCUT2D eigenvalue weighted by molar-refractivity contribution is 0.0185. The number of hydrogen-bond donors (Lipinski definition) is 0. The maximum Gasteiger partial charge on any atom is 0.410 e. The Bertz CT molecular complexity index is 600. The minimum atomic E-state index is -0.430. The number of rotatable bonds is 1. The van der Waals surface area contributed by atoms with E-state index in [9.17, 15) is 4.79 Å². The van der Waals surface area contributed by atoms with Gasteiger partial charge >= 0.3 is 6.09 Å². The van der Waals surface area contributed by atoms with Gasteiger partial charge in [-0.15, -0.1) is 0 Å². The normalized spacial score (nSPS) is 15.7. The summed E-state index contributed by atoms with van der Waals surface area (Å²) >= 11 is 0. The molecule has 0 atom stereocenters. The zero-order valence-corrected chi connectivity index (χ0v) is 14.6. The van der Waals surface area contributed by atoms with Crippen molar-refractivity contribution in [2.75, 3.05) is 13.1 Å². The summed E-state index contributed by atoms with van der Waals surface area (Å²) in [6, 6.07) is 5.88. The van der Waals surface area contributed by atoms with E-state index >= 15 is 0 Å². The molecule has 23 heavy (non-hydrogen) atoms. The van der Waals surface area contributed by atoms with Crippen LogP contribution in [0.3, 0.4) is 0 Å². The fourth-order valence-corrected chi connectivity index (χ4v) is 2.54. The topological polar surface area (TPSA) is 42.4 Å². The predicted molar refractivity (Wildman–Crippen MR) is 91.0 cm³/mol. The number of pyridine rings is 1. The lowest BCUT2D eigenvalue weighted by Crippen LogP contribution is -2.41. The van der Waals surface area contributed by atoms with Gasteiger partial charge in [0.2, 0.25) is 0 Å². The highest BCUT2D eigenvalue weighted by Gasteiger charge is 2.26.